The van der Waals surface area contributed by atoms with Gasteiger partial charge in [-0.1, -0.05) is 0 Å². The van der Waals surface area contributed by atoms with Crippen LogP contribution in [0.3, 0.4) is 0 Å². The predicted molar refractivity (Wildman–Crippen MR) is 142 cm³/mol. The third kappa shape index (κ3) is 4.57. The number of rotatable bonds is 8. The van der Waals surface area contributed by atoms with Crippen LogP contribution in [0.5, 0.6) is 17.2 Å². The minimum atomic E-state index is 0.217. The van der Waals surface area contributed by atoms with Crippen molar-refractivity contribution in [3.8, 4) is 22.9 Å². The van der Waals surface area contributed by atoms with Crippen molar-refractivity contribution in [2.45, 2.75) is 38.6 Å². The Bertz CT molecular complexity index is 1320. The average Bonchev–Trinajstić information content (AvgIpc) is 3.44. The Hall–Kier alpha value is -4.02. The fraction of sp³-hybridized carbons (Fsp3) is 0.481. The number of methoxy groups -OCH3 is 3. The van der Waals surface area contributed by atoms with E-state index in [-0.39, 0.29) is 11.8 Å². The number of aromatic nitrogens is 4. The van der Waals surface area contributed by atoms with E-state index in [1.54, 1.807) is 27.7 Å². The Morgan fingerprint density at radius 3 is 2.39 bits per heavy atom. The standard InChI is InChI=1S/C27H33N7O4/c1-36-21-12-18(13-22(37-2)24(21)38-3)34-15-23(28-16-34)30-27-29-20-8-11-33(26(35)17-6-7-17)14-19(20)25(31-27)32-9-4-5-10-32/h12-13,15-17H,4-11,14H2,1-3H3,(H,29,30,31). The van der Waals surface area contributed by atoms with E-state index in [1.807, 2.05) is 27.8 Å². The van der Waals surface area contributed by atoms with Gasteiger partial charge in [-0.05, 0) is 25.7 Å². The molecule has 11 heteroatoms. The second-order valence-electron chi connectivity index (χ2n) is 9.95. The van der Waals surface area contributed by atoms with Gasteiger partial charge in [-0.15, -0.1) is 0 Å². The first kappa shape index (κ1) is 24.3. The fourth-order valence-electron chi connectivity index (χ4n) is 5.28. The number of anilines is 3. The molecule has 0 unspecified atom stereocenters. The molecule has 1 aromatic carbocycles. The molecule has 2 fully saturated rings. The molecule has 1 N–H and O–H groups in total. The van der Waals surface area contributed by atoms with Crippen molar-refractivity contribution in [3.63, 3.8) is 0 Å². The number of fused-ring (bicyclic) bond motifs is 1. The topological polar surface area (TPSA) is 107 Å². The van der Waals surface area contributed by atoms with Crippen LogP contribution in [0.2, 0.25) is 0 Å². The van der Waals surface area contributed by atoms with Crippen molar-refractivity contribution < 1.29 is 19.0 Å². The van der Waals surface area contributed by atoms with Gasteiger partial charge < -0.3 is 33.9 Å². The smallest absolute Gasteiger partial charge is 0.230 e. The van der Waals surface area contributed by atoms with Crippen molar-refractivity contribution in [2.75, 3.05) is 51.2 Å². The Morgan fingerprint density at radius 2 is 1.74 bits per heavy atom. The van der Waals surface area contributed by atoms with Gasteiger partial charge in [-0.25, -0.2) is 9.97 Å². The van der Waals surface area contributed by atoms with Crippen LogP contribution in [0, 0.1) is 5.92 Å². The molecule has 0 bridgehead atoms. The molecule has 0 spiro atoms. The molecular weight excluding hydrogens is 486 g/mol. The van der Waals surface area contributed by atoms with E-state index < -0.39 is 0 Å². The lowest BCUT2D eigenvalue weighted by atomic mass is 10.0. The van der Waals surface area contributed by atoms with Gasteiger partial charge in [0.1, 0.15) is 12.1 Å². The number of nitrogens with one attached hydrogen (secondary N) is 1. The molecule has 0 radical (unpaired) electrons. The second kappa shape index (κ2) is 10.0. The van der Waals surface area contributed by atoms with Crippen LogP contribution in [0.4, 0.5) is 17.6 Å². The number of hydrogen-bond donors (Lipinski definition) is 1. The quantitative estimate of drug-likeness (QED) is 0.480. The summed E-state index contributed by atoms with van der Waals surface area (Å²) in [5.74, 6) is 4.23. The number of nitrogens with zero attached hydrogens (tertiary/aromatic N) is 6. The van der Waals surface area contributed by atoms with Crippen LogP contribution in [0.15, 0.2) is 24.7 Å². The van der Waals surface area contributed by atoms with Gasteiger partial charge in [0.2, 0.25) is 17.6 Å². The summed E-state index contributed by atoms with van der Waals surface area (Å²) in [6, 6.07) is 3.73. The van der Waals surface area contributed by atoms with E-state index in [0.29, 0.717) is 42.1 Å². The van der Waals surface area contributed by atoms with Crippen LogP contribution in [0.1, 0.15) is 36.9 Å². The third-order valence-electron chi connectivity index (χ3n) is 7.45. The molecule has 6 rings (SSSR count). The summed E-state index contributed by atoms with van der Waals surface area (Å²) in [5, 5.41) is 3.30. The molecule has 1 amide bonds. The molecule has 11 nitrogen and oxygen atoms in total. The number of carbonyl (C=O) groups is 1. The lowest BCUT2D eigenvalue weighted by Crippen LogP contribution is -2.38. The molecule has 3 aliphatic rings. The lowest BCUT2D eigenvalue weighted by Gasteiger charge is -2.32. The van der Waals surface area contributed by atoms with Crippen LogP contribution in [-0.2, 0) is 17.8 Å². The van der Waals surface area contributed by atoms with Gasteiger partial charge >= 0.3 is 0 Å². The van der Waals surface area contributed by atoms with Gasteiger partial charge in [0.15, 0.2) is 17.3 Å². The number of amides is 1. The highest BCUT2D eigenvalue weighted by Gasteiger charge is 2.36. The van der Waals surface area contributed by atoms with E-state index in [2.05, 4.69) is 15.2 Å². The average molecular weight is 520 g/mol. The van der Waals surface area contributed by atoms with Crippen LogP contribution in [-0.4, -0.2) is 71.3 Å². The normalized spacial score (nSPS) is 16.8. The maximum Gasteiger partial charge on any atom is 0.230 e. The largest absolute Gasteiger partial charge is 0.493 e. The Morgan fingerprint density at radius 1 is 1.00 bits per heavy atom. The summed E-state index contributed by atoms with van der Waals surface area (Å²) in [6.07, 6.45) is 8.63. The zero-order valence-corrected chi connectivity index (χ0v) is 22.1. The zero-order valence-electron chi connectivity index (χ0n) is 22.1. The van der Waals surface area contributed by atoms with Gasteiger partial charge in [0.25, 0.3) is 0 Å². The minimum absolute atomic E-state index is 0.217. The SMILES string of the molecule is COc1cc(-n2cnc(Nc3nc4c(c(N5CCCC5)n3)CN(C(=O)C3CC3)CC4)c2)cc(OC)c1OC. The Labute approximate surface area is 221 Å². The van der Waals surface area contributed by atoms with Crippen molar-refractivity contribution in [2.24, 2.45) is 5.92 Å². The summed E-state index contributed by atoms with van der Waals surface area (Å²) >= 11 is 0. The molecule has 2 aromatic heterocycles. The summed E-state index contributed by atoms with van der Waals surface area (Å²) < 4.78 is 18.3. The van der Waals surface area contributed by atoms with Gasteiger partial charge in [-0.2, -0.15) is 4.98 Å². The first-order valence-corrected chi connectivity index (χ1v) is 13.1. The number of carbonyl (C=O) groups excluding carboxylic acids is 1. The molecule has 0 atom stereocenters. The maximum absolute atomic E-state index is 12.8. The number of hydrogen-bond acceptors (Lipinski definition) is 9. The monoisotopic (exact) mass is 519 g/mol. The van der Waals surface area contributed by atoms with Crippen molar-refractivity contribution in [3.05, 3.63) is 35.9 Å². The molecule has 1 saturated carbocycles. The van der Waals surface area contributed by atoms with E-state index in [0.717, 1.165) is 68.0 Å². The van der Waals surface area contributed by atoms with E-state index >= 15 is 0 Å². The highest BCUT2D eigenvalue weighted by molar-refractivity contribution is 5.81. The van der Waals surface area contributed by atoms with Crippen LogP contribution in [0.25, 0.3) is 5.69 Å². The highest BCUT2D eigenvalue weighted by Crippen LogP contribution is 2.39. The van der Waals surface area contributed by atoms with Gasteiger partial charge in [0, 0.05) is 49.7 Å². The fourth-order valence-corrected chi connectivity index (χ4v) is 5.28. The van der Waals surface area contributed by atoms with E-state index in [1.165, 1.54) is 0 Å². The van der Waals surface area contributed by atoms with Gasteiger partial charge in [-0.3, -0.25) is 4.79 Å². The minimum Gasteiger partial charge on any atom is -0.493 e. The summed E-state index contributed by atoms with van der Waals surface area (Å²) in [6.45, 7) is 3.23. The molecule has 200 valence electrons. The van der Waals surface area contributed by atoms with Crippen LogP contribution < -0.4 is 24.4 Å². The molecule has 1 saturated heterocycles. The first-order chi connectivity index (χ1) is 18.6. The Balaban J connectivity index is 1.28. The Kier molecular flexibility index (Phi) is 6.42. The number of imidazole rings is 1. The molecule has 3 aromatic rings. The molecule has 1 aliphatic carbocycles. The van der Waals surface area contributed by atoms with E-state index in [9.17, 15) is 4.79 Å². The molecule has 2 aliphatic heterocycles. The van der Waals surface area contributed by atoms with Gasteiger partial charge in [0.05, 0.1) is 45.5 Å². The number of ether oxygens (including phenoxy) is 3. The van der Waals surface area contributed by atoms with E-state index in [4.69, 9.17) is 24.2 Å². The van der Waals surface area contributed by atoms with Crippen molar-refractivity contribution >= 4 is 23.5 Å². The zero-order chi connectivity index (χ0) is 26.2. The van der Waals surface area contributed by atoms with Crippen molar-refractivity contribution in [1.29, 1.82) is 0 Å². The maximum atomic E-state index is 12.8. The second-order valence-corrected chi connectivity index (χ2v) is 9.95. The molecule has 38 heavy (non-hydrogen) atoms. The molecule has 4 heterocycles. The lowest BCUT2D eigenvalue weighted by molar-refractivity contribution is -0.133. The highest BCUT2D eigenvalue weighted by atomic mass is 16.5. The predicted octanol–water partition coefficient (Wildman–Crippen LogP) is 3.33. The summed E-state index contributed by atoms with van der Waals surface area (Å²) in [7, 11) is 4.76. The molecular formula is C27H33N7O4. The van der Waals surface area contributed by atoms with Crippen molar-refractivity contribution in [1.82, 2.24) is 24.4 Å². The van der Waals surface area contributed by atoms with Crippen LogP contribution >= 0.6 is 0 Å². The third-order valence-corrected chi connectivity index (χ3v) is 7.45. The number of benzene rings is 1. The first-order valence-electron chi connectivity index (χ1n) is 13.1. The summed E-state index contributed by atoms with van der Waals surface area (Å²) in [5.41, 5.74) is 2.90. The summed E-state index contributed by atoms with van der Waals surface area (Å²) in [4.78, 5) is 31.4.